The van der Waals surface area contributed by atoms with Crippen molar-refractivity contribution in [2.45, 2.75) is 19.0 Å². The number of hydrogen-bond donors (Lipinski definition) is 1. The molecule has 152 valence electrons. The number of carbonyl (C=O) groups is 1. The molecule has 0 aliphatic heterocycles. The smallest absolute Gasteiger partial charge is 0.376 e. The molecule has 7 nitrogen and oxygen atoms in total. The van der Waals surface area contributed by atoms with Gasteiger partial charge in [-0.3, -0.25) is 9.78 Å². The lowest BCUT2D eigenvalue weighted by Crippen LogP contribution is -2.18. The van der Waals surface area contributed by atoms with E-state index in [9.17, 15) is 18.0 Å². The molecule has 29 heavy (non-hydrogen) atoms. The van der Waals surface area contributed by atoms with Gasteiger partial charge in [0, 0.05) is 44.9 Å². The number of nitrogens with one attached hydrogen (secondary N) is 1. The Hall–Kier alpha value is -3.43. The Bertz CT molecular complexity index is 987. The molecule has 0 aliphatic rings. The maximum absolute atomic E-state index is 13.0. The number of amides is 1. The van der Waals surface area contributed by atoms with Crippen LogP contribution in [-0.2, 0) is 17.4 Å². The third kappa shape index (κ3) is 5.09. The van der Waals surface area contributed by atoms with Gasteiger partial charge < -0.3 is 14.7 Å². The lowest BCUT2D eigenvalue weighted by atomic mass is 10.1. The molecule has 0 unspecified atom stereocenters. The summed E-state index contributed by atoms with van der Waals surface area (Å²) in [5, 5.41) is 6.38. The van der Waals surface area contributed by atoms with Gasteiger partial charge in [0.1, 0.15) is 0 Å². The first-order valence-corrected chi connectivity index (χ1v) is 8.65. The molecule has 1 N–H and O–H groups in total. The summed E-state index contributed by atoms with van der Waals surface area (Å²) in [5.74, 6) is 0.163. The van der Waals surface area contributed by atoms with Gasteiger partial charge in [0.05, 0.1) is 16.9 Å². The summed E-state index contributed by atoms with van der Waals surface area (Å²) in [6.07, 6.45) is -1.19. The van der Waals surface area contributed by atoms with Gasteiger partial charge in [-0.1, -0.05) is 5.16 Å². The Morgan fingerprint density at radius 1 is 1.17 bits per heavy atom. The number of benzene rings is 1. The Morgan fingerprint density at radius 3 is 2.55 bits per heavy atom. The van der Waals surface area contributed by atoms with E-state index in [-0.39, 0.29) is 24.4 Å². The highest BCUT2D eigenvalue weighted by molar-refractivity contribution is 5.94. The Balaban J connectivity index is 1.67. The number of anilines is 2. The minimum absolute atomic E-state index is 0.0267. The summed E-state index contributed by atoms with van der Waals surface area (Å²) in [7, 11) is 3.36. The number of hydrogen-bond acceptors (Lipinski definition) is 6. The van der Waals surface area contributed by atoms with Crippen LogP contribution >= 0.6 is 0 Å². The molecule has 0 spiro atoms. The van der Waals surface area contributed by atoms with Crippen LogP contribution in [0.3, 0.4) is 0 Å². The zero-order valence-electron chi connectivity index (χ0n) is 15.7. The van der Waals surface area contributed by atoms with Crippen LogP contribution in [0.2, 0.25) is 0 Å². The van der Waals surface area contributed by atoms with Gasteiger partial charge >= 0.3 is 6.18 Å². The van der Waals surface area contributed by atoms with Gasteiger partial charge in [-0.25, -0.2) is 0 Å². The molecule has 2 heterocycles. The molecule has 0 aliphatic carbocycles. The van der Waals surface area contributed by atoms with Crippen LogP contribution in [-0.4, -0.2) is 35.1 Å². The molecule has 0 atom stereocenters. The molecule has 3 aromatic rings. The minimum Gasteiger partial charge on any atom is -0.376 e. The van der Waals surface area contributed by atoms with Crippen molar-refractivity contribution >= 4 is 17.3 Å². The second-order valence-corrected chi connectivity index (χ2v) is 6.42. The van der Waals surface area contributed by atoms with Crippen LogP contribution in [0.4, 0.5) is 24.5 Å². The van der Waals surface area contributed by atoms with E-state index in [0.29, 0.717) is 11.5 Å². The van der Waals surface area contributed by atoms with Crippen molar-refractivity contribution in [1.29, 1.82) is 0 Å². The maximum atomic E-state index is 13.0. The van der Waals surface area contributed by atoms with Gasteiger partial charge in [-0.15, -0.1) is 0 Å². The molecular formula is C19H18F3N5O2. The first-order valence-electron chi connectivity index (χ1n) is 8.65. The van der Waals surface area contributed by atoms with Crippen molar-refractivity contribution in [1.82, 2.24) is 15.1 Å². The van der Waals surface area contributed by atoms with Crippen LogP contribution in [0.15, 0.2) is 47.2 Å². The third-order valence-corrected chi connectivity index (χ3v) is 4.05. The van der Waals surface area contributed by atoms with E-state index in [1.54, 1.807) is 43.5 Å². The number of alkyl halides is 3. The third-order valence-electron chi connectivity index (χ3n) is 4.05. The van der Waals surface area contributed by atoms with Crippen molar-refractivity contribution < 1.29 is 22.5 Å². The summed E-state index contributed by atoms with van der Waals surface area (Å²) in [6.45, 7) is 0. The lowest BCUT2D eigenvalue weighted by molar-refractivity contribution is -0.137. The van der Waals surface area contributed by atoms with Crippen LogP contribution in [0.1, 0.15) is 17.9 Å². The highest BCUT2D eigenvalue weighted by Gasteiger charge is 2.31. The van der Waals surface area contributed by atoms with E-state index < -0.39 is 17.6 Å². The van der Waals surface area contributed by atoms with E-state index in [0.717, 1.165) is 17.7 Å². The number of carbonyl (C=O) groups excluding carboxylic acids is 1. The van der Waals surface area contributed by atoms with Crippen LogP contribution in [0, 0.1) is 0 Å². The van der Waals surface area contributed by atoms with Gasteiger partial charge in [-0.2, -0.15) is 18.2 Å². The molecule has 0 radical (unpaired) electrons. The maximum Gasteiger partial charge on any atom is 0.416 e. The van der Waals surface area contributed by atoms with Crippen molar-refractivity contribution in [3.8, 4) is 11.4 Å². The van der Waals surface area contributed by atoms with Crippen molar-refractivity contribution in [2.75, 3.05) is 24.3 Å². The van der Waals surface area contributed by atoms with E-state index >= 15 is 0 Å². The van der Waals surface area contributed by atoms with Crippen molar-refractivity contribution in [3.63, 3.8) is 0 Å². The Kier molecular flexibility index (Phi) is 5.81. The highest BCUT2D eigenvalue weighted by Crippen LogP contribution is 2.35. The van der Waals surface area contributed by atoms with E-state index in [1.807, 2.05) is 0 Å². The SMILES string of the molecule is CN(C)c1ccc(C(F)(F)F)cc1NC(=O)CCc1nc(-c2ccncc2)no1. The molecule has 0 fully saturated rings. The number of aryl methyl sites for hydroxylation is 1. The summed E-state index contributed by atoms with van der Waals surface area (Å²) in [5.41, 5.74) is 0.429. The monoisotopic (exact) mass is 405 g/mol. The van der Waals surface area contributed by atoms with Crippen LogP contribution < -0.4 is 10.2 Å². The molecule has 0 bridgehead atoms. The fourth-order valence-corrected chi connectivity index (χ4v) is 2.61. The average molecular weight is 405 g/mol. The molecular weight excluding hydrogens is 387 g/mol. The first-order chi connectivity index (χ1) is 13.7. The molecule has 3 rings (SSSR count). The lowest BCUT2D eigenvalue weighted by Gasteiger charge is -2.19. The van der Waals surface area contributed by atoms with Gasteiger partial charge in [-0.05, 0) is 30.3 Å². The summed E-state index contributed by atoms with van der Waals surface area (Å²) < 4.78 is 44.1. The molecule has 2 aromatic heterocycles. The quantitative estimate of drug-likeness (QED) is 0.672. The molecule has 1 aromatic carbocycles. The van der Waals surface area contributed by atoms with Gasteiger partial charge in [0.15, 0.2) is 0 Å². The number of halogens is 3. The number of nitrogens with zero attached hydrogens (tertiary/aromatic N) is 4. The summed E-state index contributed by atoms with van der Waals surface area (Å²) in [4.78, 5) is 22.0. The van der Waals surface area contributed by atoms with Crippen molar-refractivity contribution in [2.24, 2.45) is 0 Å². The number of pyridine rings is 1. The second-order valence-electron chi connectivity index (χ2n) is 6.42. The molecule has 0 saturated heterocycles. The standard InChI is InChI=1S/C19H18F3N5O2/c1-27(2)15-4-3-13(19(20,21)22)11-14(15)24-16(28)5-6-17-25-18(26-29-17)12-7-9-23-10-8-12/h3-4,7-11H,5-6H2,1-2H3,(H,24,28). The highest BCUT2D eigenvalue weighted by atomic mass is 19.4. The molecule has 0 saturated carbocycles. The zero-order valence-corrected chi connectivity index (χ0v) is 15.7. The fourth-order valence-electron chi connectivity index (χ4n) is 2.61. The Labute approximate surface area is 164 Å². The number of aromatic nitrogens is 3. The summed E-state index contributed by atoms with van der Waals surface area (Å²) in [6, 6.07) is 6.65. The largest absolute Gasteiger partial charge is 0.416 e. The number of rotatable bonds is 6. The van der Waals surface area contributed by atoms with E-state index in [1.165, 1.54) is 6.07 Å². The fraction of sp³-hybridized carbons (Fsp3) is 0.263. The Morgan fingerprint density at radius 2 is 1.90 bits per heavy atom. The van der Waals surface area contributed by atoms with Crippen LogP contribution in [0.25, 0.3) is 11.4 Å². The van der Waals surface area contributed by atoms with E-state index in [2.05, 4.69) is 20.4 Å². The minimum atomic E-state index is -4.50. The normalized spacial score (nSPS) is 11.3. The first kappa shape index (κ1) is 20.3. The zero-order chi connectivity index (χ0) is 21.0. The molecule has 10 heteroatoms. The van der Waals surface area contributed by atoms with Gasteiger partial charge in [0.25, 0.3) is 0 Å². The predicted octanol–water partition coefficient (Wildman–Crippen LogP) is 3.79. The topological polar surface area (TPSA) is 84.2 Å². The summed E-state index contributed by atoms with van der Waals surface area (Å²) >= 11 is 0. The van der Waals surface area contributed by atoms with E-state index in [4.69, 9.17) is 4.52 Å². The second kappa shape index (κ2) is 8.29. The molecule has 1 amide bonds. The van der Waals surface area contributed by atoms with Crippen molar-refractivity contribution in [3.05, 3.63) is 54.2 Å². The predicted molar refractivity (Wildman–Crippen MR) is 100 cm³/mol. The van der Waals surface area contributed by atoms with Gasteiger partial charge in [0.2, 0.25) is 17.6 Å². The van der Waals surface area contributed by atoms with Crippen LogP contribution in [0.5, 0.6) is 0 Å². The average Bonchev–Trinajstić information content (AvgIpc) is 3.15.